The molecule has 3 rings (SSSR count). The first-order valence-electron chi connectivity index (χ1n) is 9.30. The Morgan fingerprint density at radius 2 is 2.12 bits per heavy atom. The summed E-state index contributed by atoms with van der Waals surface area (Å²) in [6.45, 7) is 5.04. The average molecular weight is 360 g/mol. The van der Waals surface area contributed by atoms with Crippen LogP contribution in [0.5, 0.6) is 5.75 Å². The second-order valence-corrected chi connectivity index (χ2v) is 7.64. The molecule has 0 aromatic heterocycles. The van der Waals surface area contributed by atoms with Crippen LogP contribution in [0.3, 0.4) is 0 Å². The summed E-state index contributed by atoms with van der Waals surface area (Å²) in [7, 11) is 1.64. The number of amides is 2. The number of carbonyl (C=O) groups excluding carboxylic acids is 2. The highest BCUT2D eigenvalue weighted by molar-refractivity contribution is 5.94. The molecule has 6 nitrogen and oxygen atoms in total. The van der Waals surface area contributed by atoms with Gasteiger partial charge in [0.15, 0.2) is 0 Å². The Bertz CT molecular complexity index is 690. The number of carbonyl (C=O) groups is 2. The fourth-order valence-electron chi connectivity index (χ4n) is 4.15. The second-order valence-electron chi connectivity index (χ2n) is 7.64. The van der Waals surface area contributed by atoms with Gasteiger partial charge >= 0.3 is 0 Å². The van der Waals surface area contributed by atoms with Gasteiger partial charge in [-0.05, 0) is 43.9 Å². The topological polar surface area (TPSA) is 70.1 Å². The van der Waals surface area contributed by atoms with Crippen LogP contribution in [0.15, 0.2) is 18.2 Å². The molecule has 1 N–H and O–H groups in total. The summed E-state index contributed by atoms with van der Waals surface area (Å²) in [4.78, 5) is 28.9. The minimum atomic E-state index is -0.0419. The van der Waals surface area contributed by atoms with Crippen molar-refractivity contribution in [3.63, 3.8) is 0 Å². The minimum absolute atomic E-state index is 0.0255. The molecule has 0 unspecified atom stereocenters. The van der Waals surface area contributed by atoms with Crippen molar-refractivity contribution < 1.29 is 19.4 Å². The van der Waals surface area contributed by atoms with E-state index in [0.29, 0.717) is 38.2 Å². The molecule has 142 valence electrons. The number of hydrogen-bond acceptors (Lipinski definition) is 4. The van der Waals surface area contributed by atoms with Crippen LogP contribution in [0.25, 0.3) is 0 Å². The van der Waals surface area contributed by atoms with E-state index < -0.39 is 0 Å². The summed E-state index contributed by atoms with van der Waals surface area (Å²) in [5.41, 5.74) is 1.26. The highest BCUT2D eigenvalue weighted by Crippen LogP contribution is 2.39. The summed E-state index contributed by atoms with van der Waals surface area (Å²) in [6, 6.07) is 5.09. The fraction of sp³-hybridized carbons (Fsp3) is 0.600. The summed E-state index contributed by atoms with van der Waals surface area (Å²) in [5.74, 6) is 0.288. The predicted octanol–water partition coefficient (Wildman–Crippen LogP) is 2.19. The Labute approximate surface area is 154 Å². The minimum Gasteiger partial charge on any atom is -0.508 e. The van der Waals surface area contributed by atoms with Gasteiger partial charge in [0.25, 0.3) is 5.91 Å². The zero-order valence-electron chi connectivity index (χ0n) is 15.7. The maximum absolute atomic E-state index is 12.9. The first kappa shape index (κ1) is 18.7. The van der Waals surface area contributed by atoms with Crippen LogP contribution in [0, 0.1) is 12.3 Å². The van der Waals surface area contributed by atoms with Crippen molar-refractivity contribution >= 4 is 11.8 Å². The van der Waals surface area contributed by atoms with Gasteiger partial charge in [0.05, 0.1) is 6.61 Å². The van der Waals surface area contributed by atoms with E-state index in [2.05, 4.69) is 0 Å². The van der Waals surface area contributed by atoms with Crippen molar-refractivity contribution in [1.82, 2.24) is 9.80 Å². The first-order chi connectivity index (χ1) is 12.4. The molecule has 0 bridgehead atoms. The van der Waals surface area contributed by atoms with Crippen molar-refractivity contribution in [2.45, 2.75) is 32.6 Å². The van der Waals surface area contributed by atoms with E-state index in [0.717, 1.165) is 31.4 Å². The molecule has 2 aliphatic rings. The monoisotopic (exact) mass is 360 g/mol. The second kappa shape index (κ2) is 7.66. The smallest absolute Gasteiger partial charge is 0.254 e. The van der Waals surface area contributed by atoms with Crippen LogP contribution in [-0.2, 0) is 9.53 Å². The molecule has 2 amide bonds. The van der Waals surface area contributed by atoms with E-state index in [1.165, 1.54) is 0 Å². The van der Waals surface area contributed by atoms with Crippen LogP contribution in [0.1, 0.15) is 41.6 Å². The molecule has 26 heavy (non-hydrogen) atoms. The molecule has 1 spiro atoms. The van der Waals surface area contributed by atoms with Crippen LogP contribution in [0.2, 0.25) is 0 Å². The van der Waals surface area contributed by atoms with E-state index in [-0.39, 0.29) is 23.0 Å². The van der Waals surface area contributed by atoms with Crippen LogP contribution in [0.4, 0.5) is 0 Å². The first-order valence-corrected chi connectivity index (χ1v) is 9.30. The fourth-order valence-corrected chi connectivity index (χ4v) is 4.15. The summed E-state index contributed by atoms with van der Waals surface area (Å²) < 4.78 is 5.12. The Kier molecular flexibility index (Phi) is 5.51. The third kappa shape index (κ3) is 3.85. The van der Waals surface area contributed by atoms with Gasteiger partial charge in [-0.15, -0.1) is 0 Å². The van der Waals surface area contributed by atoms with Gasteiger partial charge in [-0.2, -0.15) is 0 Å². The van der Waals surface area contributed by atoms with E-state index in [9.17, 15) is 14.7 Å². The van der Waals surface area contributed by atoms with Crippen LogP contribution < -0.4 is 0 Å². The third-order valence-electron chi connectivity index (χ3n) is 5.72. The molecule has 0 saturated carbocycles. The van der Waals surface area contributed by atoms with Crippen molar-refractivity contribution in [1.29, 1.82) is 0 Å². The molecule has 2 fully saturated rings. The SMILES string of the molecule is COCCN1C[C@@]2(CCCN(C(=O)c3ccc(C)c(O)c3)C2)CCC1=O. The highest BCUT2D eigenvalue weighted by Gasteiger charge is 2.42. The molecule has 2 saturated heterocycles. The van der Waals surface area contributed by atoms with Crippen molar-refractivity contribution in [2.24, 2.45) is 5.41 Å². The molecule has 0 radical (unpaired) electrons. The van der Waals surface area contributed by atoms with Gasteiger partial charge in [0.1, 0.15) is 5.75 Å². The average Bonchev–Trinajstić information content (AvgIpc) is 2.64. The number of aryl methyl sites for hydroxylation is 1. The van der Waals surface area contributed by atoms with E-state index in [1.54, 1.807) is 25.3 Å². The van der Waals surface area contributed by atoms with Crippen molar-refractivity contribution in [3.05, 3.63) is 29.3 Å². The molecule has 1 aromatic rings. The quantitative estimate of drug-likeness (QED) is 0.894. The zero-order chi connectivity index (χ0) is 18.7. The van der Waals surface area contributed by atoms with Crippen LogP contribution >= 0.6 is 0 Å². The molecule has 6 heteroatoms. The van der Waals surface area contributed by atoms with Gasteiger partial charge < -0.3 is 19.6 Å². The molecule has 1 aromatic carbocycles. The Morgan fingerprint density at radius 1 is 1.31 bits per heavy atom. The highest BCUT2D eigenvalue weighted by atomic mass is 16.5. The van der Waals surface area contributed by atoms with Crippen molar-refractivity contribution in [2.75, 3.05) is 39.9 Å². The molecule has 2 aliphatic heterocycles. The molecule has 0 aliphatic carbocycles. The Hall–Kier alpha value is -2.08. The lowest BCUT2D eigenvalue weighted by Gasteiger charge is -2.48. The molecular formula is C20H28N2O4. The largest absolute Gasteiger partial charge is 0.508 e. The number of ether oxygens (including phenoxy) is 1. The number of phenols is 1. The normalized spacial score (nSPS) is 23.5. The number of methoxy groups -OCH3 is 1. The Morgan fingerprint density at radius 3 is 2.85 bits per heavy atom. The number of aromatic hydroxyl groups is 1. The number of nitrogens with zero attached hydrogens (tertiary/aromatic N) is 2. The summed E-state index contributed by atoms with van der Waals surface area (Å²) >= 11 is 0. The maximum atomic E-state index is 12.9. The number of rotatable bonds is 4. The zero-order valence-corrected chi connectivity index (χ0v) is 15.7. The van der Waals surface area contributed by atoms with E-state index >= 15 is 0 Å². The van der Waals surface area contributed by atoms with Gasteiger partial charge in [0.2, 0.25) is 5.91 Å². The molecular weight excluding hydrogens is 332 g/mol. The number of hydrogen-bond donors (Lipinski definition) is 1. The lowest BCUT2D eigenvalue weighted by atomic mass is 9.73. The van der Waals surface area contributed by atoms with Crippen LogP contribution in [-0.4, -0.2) is 66.6 Å². The summed E-state index contributed by atoms with van der Waals surface area (Å²) in [6.07, 6.45) is 3.35. The third-order valence-corrected chi connectivity index (χ3v) is 5.72. The molecule has 1 atom stereocenters. The predicted molar refractivity (Wildman–Crippen MR) is 98.1 cm³/mol. The number of benzene rings is 1. The standard InChI is InChI=1S/C20H28N2O4/c1-15-4-5-16(12-17(15)23)19(25)22-9-3-7-20(14-22)8-6-18(24)21(13-20)10-11-26-2/h4-5,12,23H,3,6-11,13-14H2,1-2H3/t20-/m1/s1. The lowest BCUT2D eigenvalue weighted by Crippen LogP contribution is -2.55. The lowest BCUT2D eigenvalue weighted by molar-refractivity contribution is -0.139. The van der Waals surface area contributed by atoms with E-state index in [4.69, 9.17) is 4.74 Å². The van der Waals surface area contributed by atoms with E-state index in [1.807, 2.05) is 16.7 Å². The molecule has 2 heterocycles. The summed E-state index contributed by atoms with van der Waals surface area (Å²) in [5, 5.41) is 9.91. The van der Waals surface area contributed by atoms with Crippen molar-refractivity contribution in [3.8, 4) is 5.75 Å². The van der Waals surface area contributed by atoms with Gasteiger partial charge in [-0.1, -0.05) is 6.07 Å². The van der Waals surface area contributed by atoms with Gasteiger partial charge in [-0.3, -0.25) is 9.59 Å². The van der Waals surface area contributed by atoms with Gasteiger partial charge in [0, 0.05) is 50.7 Å². The Balaban J connectivity index is 1.72. The maximum Gasteiger partial charge on any atom is 0.254 e. The number of piperidine rings is 2. The number of phenolic OH excluding ortho intramolecular Hbond substituents is 1. The van der Waals surface area contributed by atoms with Gasteiger partial charge in [-0.25, -0.2) is 0 Å². The number of likely N-dealkylation sites (tertiary alicyclic amines) is 2.